The molecule has 0 radical (unpaired) electrons. The van der Waals surface area contributed by atoms with E-state index >= 15 is 0 Å². The topological polar surface area (TPSA) is 150 Å². The molecule has 0 aromatic heterocycles. The van der Waals surface area contributed by atoms with E-state index < -0.39 is 24.7 Å². The lowest BCUT2D eigenvalue weighted by Gasteiger charge is -2.33. The summed E-state index contributed by atoms with van der Waals surface area (Å²) in [7, 11) is -5.70. The van der Waals surface area contributed by atoms with Gasteiger partial charge in [0.05, 0.1) is 11.7 Å². The summed E-state index contributed by atoms with van der Waals surface area (Å²) in [6, 6.07) is 9.91. The molecule has 0 aliphatic carbocycles. The monoisotopic (exact) mass is 643 g/mol. The van der Waals surface area contributed by atoms with Gasteiger partial charge in [0.2, 0.25) is 11.8 Å². The number of aryl methyl sites for hydroxylation is 1. The first-order chi connectivity index (χ1) is 21.0. The van der Waals surface area contributed by atoms with Crippen LogP contribution in [0.5, 0.6) is 0 Å². The first kappa shape index (κ1) is 34.2. The van der Waals surface area contributed by atoms with Crippen molar-refractivity contribution in [3.63, 3.8) is 0 Å². The normalized spacial score (nSPS) is 19.2. The first-order valence-electron chi connectivity index (χ1n) is 14.9. The Balaban J connectivity index is 1.52. The number of nitrogens with one attached hydrogen (secondary N) is 1. The molecule has 0 unspecified atom stereocenters. The van der Waals surface area contributed by atoms with E-state index in [0.29, 0.717) is 42.5 Å². The second-order valence-corrected chi connectivity index (χ2v) is 13.9. The molecule has 2 amide bonds. The quantitative estimate of drug-likeness (QED) is 0.173. The zero-order valence-electron chi connectivity index (χ0n) is 25.6. The zero-order chi connectivity index (χ0) is 33.3. The number of carbonyl (C=O) groups excluding carboxylic acids is 3. The molecule has 2 heterocycles. The molecule has 2 aromatic carbocycles. The van der Waals surface area contributed by atoms with E-state index in [0.717, 1.165) is 28.9 Å². The summed E-state index contributed by atoms with van der Waals surface area (Å²) < 4.78 is 39.3. The first-order valence-corrected chi connectivity index (χ1v) is 16.6. The minimum atomic E-state index is -5.70. The highest BCUT2D eigenvalue weighted by Gasteiger charge is 2.50. The fourth-order valence-electron chi connectivity index (χ4n) is 6.09. The van der Waals surface area contributed by atoms with Crippen LogP contribution in [0.15, 0.2) is 60.8 Å². The summed E-state index contributed by atoms with van der Waals surface area (Å²) in [5, 5.41) is 3.46. The number of para-hydroxylation sites is 1. The van der Waals surface area contributed by atoms with Crippen LogP contribution in [0.2, 0.25) is 0 Å². The Morgan fingerprint density at radius 1 is 1.18 bits per heavy atom. The summed E-state index contributed by atoms with van der Waals surface area (Å²) in [5.41, 5.74) is 4.69. The molecule has 3 atom stereocenters. The van der Waals surface area contributed by atoms with Gasteiger partial charge in [-0.25, -0.2) is 0 Å². The number of hydrogen-bond acceptors (Lipinski definition) is 5. The van der Waals surface area contributed by atoms with Crippen LogP contribution in [0, 0.1) is 11.8 Å². The molecule has 2 aliphatic heterocycles. The van der Waals surface area contributed by atoms with E-state index in [9.17, 15) is 27.7 Å². The van der Waals surface area contributed by atoms with Gasteiger partial charge in [0.25, 0.3) is 0 Å². The zero-order valence-corrected chi connectivity index (χ0v) is 26.5. The Labute approximate surface area is 261 Å². The van der Waals surface area contributed by atoms with E-state index in [-0.39, 0.29) is 48.4 Å². The molecular formula is C33H40F2N3O6P. The number of alkyl halides is 2. The van der Waals surface area contributed by atoms with Crippen molar-refractivity contribution >= 4 is 36.5 Å². The fraction of sp³-hybridized carbons (Fsp3) is 0.424. The number of carbonyl (C=O) groups is 3. The van der Waals surface area contributed by atoms with Crippen LogP contribution in [0.3, 0.4) is 0 Å². The van der Waals surface area contributed by atoms with Crippen LogP contribution in [-0.4, -0.2) is 39.5 Å². The number of hydrogen-bond donors (Lipinski definition) is 4. The number of rotatable bonds is 13. The van der Waals surface area contributed by atoms with Gasteiger partial charge in [-0.1, -0.05) is 62.9 Å². The molecule has 242 valence electrons. The third-order valence-corrected chi connectivity index (χ3v) is 9.67. The summed E-state index contributed by atoms with van der Waals surface area (Å²) in [5.74, 6) is -1.28. The number of ketones is 1. The summed E-state index contributed by atoms with van der Waals surface area (Å²) in [4.78, 5) is 58.5. The molecule has 2 aliphatic rings. The van der Waals surface area contributed by atoms with Crippen molar-refractivity contribution in [3.05, 3.63) is 83.1 Å². The number of nitrogens with two attached hydrogens (primary N) is 1. The van der Waals surface area contributed by atoms with Crippen molar-refractivity contribution in [3.8, 4) is 0 Å². The number of anilines is 1. The van der Waals surface area contributed by atoms with Crippen LogP contribution in [0.1, 0.15) is 68.7 Å². The third-order valence-electron chi connectivity index (χ3n) is 8.68. The van der Waals surface area contributed by atoms with E-state index in [1.165, 1.54) is 18.2 Å². The predicted molar refractivity (Wildman–Crippen MR) is 168 cm³/mol. The Kier molecular flexibility index (Phi) is 10.2. The number of benzene rings is 2. The van der Waals surface area contributed by atoms with Crippen molar-refractivity contribution in [2.45, 2.75) is 77.0 Å². The summed E-state index contributed by atoms with van der Waals surface area (Å²) >= 11 is 0. The minimum absolute atomic E-state index is 0.0514. The molecule has 0 saturated carbocycles. The van der Waals surface area contributed by atoms with Crippen LogP contribution in [0.25, 0.3) is 5.57 Å². The highest BCUT2D eigenvalue weighted by Crippen LogP contribution is 2.59. The number of halogens is 2. The van der Waals surface area contributed by atoms with Crippen molar-refractivity contribution < 1.29 is 37.5 Å². The van der Waals surface area contributed by atoms with Crippen LogP contribution in [-0.2, 0) is 37.5 Å². The predicted octanol–water partition coefficient (Wildman–Crippen LogP) is 5.19. The van der Waals surface area contributed by atoms with Gasteiger partial charge in [-0.15, -0.1) is 0 Å². The van der Waals surface area contributed by atoms with Crippen molar-refractivity contribution in [2.24, 2.45) is 17.6 Å². The fourth-order valence-corrected chi connectivity index (χ4v) is 6.58. The van der Waals surface area contributed by atoms with Gasteiger partial charge >= 0.3 is 13.3 Å². The molecular weight excluding hydrogens is 603 g/mol. The van der Waals surface area contributed by atoms with Crippen LogP contribution >= 0.6 is 7.60 Å². The molecule has 0 spiro atoms. The highest BCUT2D eigenvalue weighted by molar-refractivity contribution is 7.52. The maximum absolute atomic E-state index is 14.1. The molecule has 4 rings (SSSR count). The lowest BCUT2D eigenvalue weighted by atomic mass is 9.92. The highest BCUT2D eigenvalue weighted by atomic mass is 31.2. The van der Waals surface area contributed by atoms with Gasteiger partial charge < -0.3 is 25.7 Å². The van der Waals surface area contributed by atoms with Crippen molar-refractivity contribution in [1.29, 1.82) is 0 Å². The minimum Gasteiger partial charge on any atom is -0.384 e. The average Bonchev–Trinajstić information content (AvgIpc) is 3.30. The van der Waals surface area contributed by atoms with Gasteiger partial charge in [-0.05, 0) is 60.4 Å². The largest absolute Gasteiger partial charge is 0.399 e. The lowest BCUT2D eigenvalue weighted by molar-refractivity contribution is -0.126. The lowest BCUT2D eigenvalue weighted by Crippen LogP contribution is -2.47. The van der Waals surface area contributed by atoms with E-state index in [4.69, 9.17) is 15.5 Å². The van der Waals surface area contributed by atoms with E-state index in [1.54, 1.807) is 11.8 Å². The van der Waals surface area contributed by atoms with Crippen LogP contribution < -0.4 is 16.0 Å². The summed E-state index contributed by atoms with van der Waals surface area (Å²) in [6.07, 6.45) is 3.71. The van der Waals surface area contributed by atoms with Crippen molar-refractivity contribution in [2.75, 3.05) is 4.90 Å². The molecule has 9 nitrogen and oxygen atoms in total. The van der Waals surface area contributed by atoms with E-state index in [1.807, 2.05) is 32.0 Å². The van der Waals surface area contributed by atoms with Gasteiger partial charge in [0.15, 0.2) is 5.78 Å². The van der Waals surface area contributed by atoms with Crippen LogP contribution in [0.4, 0.5) is 14.5 Å². The number of primary amides is 1. The third kappa shape index (κ3) is 7.43. The maximum atomic E-state index is 14.1. The van der Waals surface area contributed by atoms with Gasteiger partial charge in [0, 0.05) is 42.5 Å². The van der Waals surface area contributed by atoms with Gasteiger partial charge in [0.1, 0.15) is 0 Å². The standard InChI is InChI=1S/C33H40F2N3O6P/c1-19(2)28(14-15-30(36)40)37-21(4)29-18-24-7-5-6-23-8-9-25(32(41)38(29)31(23)24)17-27(39)16-20(3)22-10-12-26(13-11-22)33(34,35)45(42,43)44/h5-7,10-13,16,19,25,28-29,37H,4,8-9,14-15,17-18H2,1-3H3,(H2,36,40)(H2,42,43,44)/b20-16+/t25-,28+,29+/m1/s1. The Morgan fingerprint density at radius 2 is 1.82 bits per heavy atom. The molecule has 45 heavy (non-hydrogen) atoms. The van der Waals surface area contributed by atoms with E-state index in [2.05, 4.69) is 11.9 Å². The maximum Gasteiger partial charge on any atom is 0.399 e. The Hall–Kier alpha value is -3.66. The molecule has 0 saturated heterocycles. The second kappa shape index (κ2) is 13.4. The smallest absolute Gasteiger partial charge is 0.384 e. The Morgan fingerprint density at radius 3 is 2.42 bits per heavy atom. The molecule has 0 bridgehead atoms. The number of allylic oxidation sites excluding steroid dienone is 2. The average molecular weight is 644 g/mol. The molecule has 5 N–H and O–H groups in total. The number of nitrogens with zero attached hydrogens (tertiary/aromatic N) is 1. The SMILES string of the molecule is C=C(N[C@@H](CCC(N)=O)C(C)C)[C@@H]1Cc2cccc3c2N1C(=O)[C@@H](CC(=O)/C=C(\C)c1ccc(C(F)(F)P(=O)(O)O)cc1)CC3. The molecule has 0 fully saturated rings. The second-order valence-electron chi connectivity index (χ2n) is 12.3. The summed E-state index contributed by atoms with van der Waals surface area (Å²) in [6.45, 7) is 9.99. The van der Waals surface area contributed by atoms with Gasteiger partial charge in [-0.3, -0.25) is 18.9 Å². The van der Waals surface area contributed by atoms with Gasteiger partial charge in [-0.2, -0.15) is 8.78 Å². The molecule has 2 aromatic rings. The van der Waals surface area contributed by atoms with Crippen molar-refractivity contribution in [1.82, 2.24) is 5.32 Å². The molecule has 12 heteroatoms. The Bertz CT molecular complexity index is 1570. The number of amides is 2.